The van der Waals surface area contributed by atoms with Crippen molar-refractivity contribution in [3.8, 4) is 0 Å². The normalized spacial score (nSPS) is 28.0. The van der Waals surface area contributed by atoms with E-state index < -0.39 is 54.0 Å². The van der Waals surface area contributed by atoms with Crippen LogP contribution in [0, 0.1) is 5.41 Å². The average Bonchev–Trinajstić information content (AvgIpc) is 3.28. The summed E-state index contributed by atoms with van der Waals surface area (Å²) in [6, 6.07) is 0. The van der Waals surface area contributed by atoms with Gasteiger partial charge in [-0.2, -0.15) is 4.98 Å². The van der Waals surface area contributed by atoms with Crippen LogP contribution in [0.15, 0.2) is 4.99 Å². The van der Waals surface area contributed by atoms with Crippen LogP contribution in [0.4, 0.5) is 21.8 Å². The minimum Gasteiger partial charge on any atom is -0.463 e. The van der Waals surface area contributed by atoms with Crippen LogP contribution in [0.1, 0.15) is 52.7 Å². The lowest BCUT2D eigenvalue weighted by Gasteiger charge is -2.29. The third-order valence-corrected chi connectivity index (χ3v) is 5.69. The van der Waals surface area contributed by atoms with Crippen LogP contribution in [0.3, 0.4) is 0 Å². The number of alkyl halides is 1. The Morgan fingerprint density at radius 3 is 2.62 bits per heavy atom. The number of hydrogen-bond donors (Lipinski definition) is 2. The molecule has 1 aromatic rings. The molecular weight excluding hydrogens is 449 g/mol. The number of nitrogens with one attached hydrogen (secondary N) is 1. The highest BCUT2D eigenvalue weighted by Gasteiger charge is 2.59. The van der Waals surface area contributed by atoms with Gasteiger partial charge in [0.05, 0.1) is 17.0 Å². The van der Waals surface area contributed by atoms with E-state index in [9.17, 15) is 9.59 Å². The maximum Gasteiger partial charge on any atom is 0.313 e. The first-order chi connectivity index (χ1) is 15.9. The largest absolute Gasteiger partial charge is 0.463 e. The molecule has 1 aromatic heterocycles. The number of nitrogens with two attached hydrogens (primary N) is 1. The molecule has 1 saturated heterocycles. The summed E-state index contributed by atoms with van der Waals surface area (Å²) in [7, 11) is 1.66. The molecule has 11 nitrogen and oxygen atoms in total. The Labute approximate surface area is 197 Å². The van der Waals surface area contributed by atoms with Gasteiger partial charge in [0.2, 0.25) is 5.95 Å². The Hall–Kier alpha value is -2.86. The Morgan fingerprint density at radius 2 is 2.00 bits per heavy atom. The zero-order chi connectivity index (χ0) is 25.3. The van der Waals surface area contributed by atoms with Crippen molar-refractivity contribution in [2.24, 2.45) is 10.4 Å². The van der Waals surface area contributed by atoms with E-state index in [0.717, 1.165) is 0 Å². The third-order valence-electron chi connectivity index (χ3n) is 5.69. The van der Waals surface area contributed by atoms with Crippen LogP contribution in [0.5, 0.6) is 0 Å². The fourth-order valence-corrected chi connectivity index (χ4v) is 3.88. The Bertz CT molecular complexity index is 964. The minimum atomic E-state index is -2.09. The molecule has 34 heavy (non-hydrogen) atoms. The first-order valence-electron chi connectivity index (χ1n) is 11.1. The van der Waals surface area contributed by atoms with Crippen molar-refractivity contribution in [1.29, 1.82) is 0 Å². The number of hydrogen-bond acceptors (Lipinski definition) is 11. The number of esters is 2. The number of halogens is 1. The fourth-order valence-electron chi connectivity index (χ4n) is 3.88. The van der Waals surface area contributed by atoms with Gasteiger partial charge in [-0.15, -0.1) is 0 Å². The highest BCUT2D eigenvalue weighted by molar-refractivity contribution is 5.85. The van der Waals surface area contributed by atoms with E-state index in [1.165, 1.54) is 13.1 Å². The summed E-state index contributed by atoms with van der Waals surface area (Å²) in [4.78, 5) is 36.5. The first kappa shape index (κ1) is 25.8. The lowest BCUT2D eigenvalue weighted by atomic mass is 9.86. The van der Waals surface area contributed by atoms with Gasteiger partial charge in [-0.3, -0.25) is 14.6 Å². The number of anilines is 2. The SMILES string of the molecule is CCC(=O)OC[C@H]1O[C@@H](C2C=Nc3c(NC)nc(N)nc32)[C@](C)(F)[C@@H]1OCOC(=O)C(C)(C)C. The van der Waals surface area contributed by atoms with Gasteiger partial charge in [-0.25, -0.2) is 9.37 Å². The molecule has 3 N–H and O–H groups in total. The molecule has 0 radical (unpaired) electrons. The van der Waals surface area contributed by atoms with Crippen molar-refractivity contribution >= 4 is 35.6 Å². The second kappa shape index (κ2) is 9.79. The molecule has 1 fully saturated rings. The highest BCUT2D eigenvalue weighted by Crippen LogP contribution is 2.47. The summed E-state index contributed by atoms with van der Waals surface area (Å²) < 4.78 is 38.4. The molecule has 0 spiro atoms. The van der Waals surface area contributed by atoms with Crippen molar-refractivity contribution in [1.82, 2.24) is 9.97 Å². The number of nitrogens with zero attached hydrogens (tertiary/aromatic N) is 3. The number of nitrogen functional groups attached to an aromatic ring is 1. The van der Waals surface area contributed by atoms with E-state index in [1.807, 2.05) is 0 Å². The molecular formula is C22H32FN5O6. The number of fused-ring (bicyclic) bond motifs is 1. The van der Waals surface area contributed by atoms with Gasteiger partial charge in [-0.1, -0.05) is 6.92 Å². The summed E-state index contributed by atoms with van der Waals surface area (Å²) in [5, 5.41) is 2.90. The predicted octanol–water partition coefficient (Wildman–Crippen LogP) is 2.28. The van der Waals surface area contributed by atoms with Gasteiger partial charge in [0.1, 0.15) is 30.6 Å². The van der Waals surface area contributed by atoms with E-state index >= 15 is 4.39 Å². The molecule has 188 valence electrons. The molecule has 1 unspecified atom stereocenters. The Kier molecular flexibility index (Phi) is 7.41. The number of ether oxygens (including phenoxy) is 4. The Balaban J connectivity index is 1.84. The second-order valence-corrected chi connectivity index (χ2v) is 9.39. The lowest BCUT2D eigenvalue weighted by Crippen LogP contribution is -2.46. The number of aliphatic imine (C=N–C) groups is 1. The van der Waals surface area contributed by atoms with Gasteiger partial charge in [0, 0.05) is 19.7 Å². The minimum absolute atomic E-state index is 0.00692. The number of rotatable bonds is 8. The van der Waals surface area contributed by atoms with Crippen LogP contribution >= 0.6 is 0 Å². The van der Waals surface area contributed by atoms with Crippen molar-refractivity contribution in [2.75, 3.05) is 31.5 Å². The molecule has 3 heterocycles. The average molecular weight is 482 g/mol. The standard InChI is InChI=1S/C22H32FN5O6/c1-7-13(29)31-9-12-17(32-10-33-19(30)21(2,3)4)22(5,23)16(34-12)11-8-26-15-14(11)27-20(24)28-18(15)25-6/h8,11-12,16-17H,7,9-10H2,1-6H3,(H3,24,25,27,28)/t11?,12-,16+,17-,22+/m1/s1. The van der Waals surface area contributed by atoms with Gasteiger partial charge < -0.3 is 30.0 Å². The fraction of sp³-hybridized carbons (Fsp3) is 0.682. The molecule has 0 aromatic carbocycles. The number of carbonyl (C=O) groups excluding carboxylic acids is 2. The van der Waals surface area contributed by atoms with E-state index in [4.69, 9.17) is 24.7 Å². The van der Waals surface area contributed by atoms with E-state index in [0.29, 0.717) is 17.2 Å². The molecule has 5 atom stereocenters. The van der Waals surface area contributed by atoms with Crippen LogP contribution in [0.25, 0.3) is 0 Å². The van der Waals surface area contributed by atoms with E-state index in [2.05, 4.69) is 20.3 Å². The van der Waals surface area contributed by atoms with Gasteiger partial charge in [-0.05, 0) is 27.7 Å². The molecule has 0 bridgehead atoms. The van der Waals surface area contributed by atoms with E-state index in [-0.39, 0.29) is 19.0 Å². The monoisotopic (exact) mass is 481 g/mol. The molecule has 3 rings (SSSR count). The second-order valence-electron chi connectivity index (χ2n) is 9.39. The van der Waals surface area contributed by atoms with Crippen LogP contribution < -0.4 is 11.1 Å². The quantitative estimate of drug-likeness (QED) is 0.418. The zero-order valence-corrected chi connectivity index (χ0v) is 20.3. The number of aromatic nitrogens is 2. The van der Waals surface area contributed by atoms with Gasteiger partial charge >= 0.3 is 11.9 Å². The van der Waals surface area contributed by atoms with Crippen LogP contribution in [0.2, 0.25) is 0 Å². The predicted molar refractivity (Wildman–Crippen MR) is 122 cm³/mol. The molecule has 2 aliphatic heterocycles. The smallest absolute Gasteiger partial charge is 0.313 e. The topological polar surface area (TPSA) is 147 Å². The number of carbonyl (C=O) groups is 2. The van der Waals surface area contributed by atoms with Gasteiger partial charge in [0.15, 0.2) is 18.3 Å². The summed E-state index contributed by atoms with van der Waals surface area (Å²) >= 11 is 0. The van der Waals surface area contributed by atoms with Crippen molar-refractivity contribution in [3.63, 3.8) is 0 Å². The Morgan fingerprint density at radius 1 is 1.29 bits per heavy atom. The maximum absolute atomic E-state index is 16.3. The van der Waals surface area contributed by atoms with Crippen molar-refractivity contribution < 1.29 is 32.9 Å². The summed E-state index contributed by atoms with van der Waals surface area (Å²) in [5.74, 6) is -1.24. The third kappa shape index (κ3) is 5.12. The highest BCUT2D eigenvalue weighted by atomic mass is 19.1. The summed E-state index contributed by atoms with van der Waals surface area (Å²) in [6.45, 7) is 7.34. The molecule has 0 aliphatic carbocycles. The summed E-state index contributed by atoms with van der Waals surface area (Å²) in [5.41, 5.74) is 3.85. The van der Waals surface area contributed by atoms with E-state index in [1.54, 1.807) is 34.7 Å². The zero-order valence-electron chi connectivity index (χ0n) is 20.3. The van der Waals surface area contributed by atoms with Crippen LogP contribution in [-0.4, -0.2) is 72.5 Å². The molecule has 2 aliphatic rings. The first-order valence-corrected chi connectivity index (χ1v) is 11.1. The maximum atomic E-state index is 16.3. The van der Waals surface area contributed by atoms with Crippen molar-refractivity contribution in [3.05, 3.63) is 5.69 Å². The lowest BCUT2D eigenvalue weighted by molar-refractivity contribution is -0.180. The molecule has 12 heteroatoms. The summed E-state index contributed by atoms with van der Waals surface area (Å²) in [6.07, 6.45) is -1.56. The van der Waals surface area contributed by atoms with Crippen LogP contribution in [-0.2, 0) is 28.5 Å². The van der Waals surface area contributed by atoms with Gasteiger partial charge in [0.25, 0.3) is 0 Å². The molecule has 0 amide bonds. The molecule has 0 saturated carbocycles. The van der Waals surface area contributed by atoms with Crippen molar-refractivity contribution in [2.45, 2.75) is 70.9 Å².